The van der Waals surface area contributed by atoms with E-state index in [1.165, 1.54) is 19.0 Å². The van der Waals surface area contributed by atoms with Gasteiger partial charge in [0.1, 0.15) is 0 Å². The van der Waals surface area contributed by atoms with Crippen molar-refractivity contribution < 1.29 is 14.4 Å². The molecule has 8 heteroatoms. The molecule has 2 heterocycles. The molecule has 3 aliphatic carbocycles. The van der Waals surface area contributed by atoms with E-state index in [0.717, 1.165) is 30.7 Å². The molecular weight excluding hydrogens is 334 g/mol. The number of aromatic nitrogens is 2. The van der Waals surface area contributed by atoms with Crippen LogP contribution in [0.15, 0.2) is 0 Å². The van der Waals surface area contributed by atoms with Gasteiger partial charge in [0.2, 0.25) is 11.8 Å². The van der Waals surface area contributed by atoms with Gasteiger partial charge in [0.25, 0.3) is 5.91 Å². The molecule has 5 rings (SSSR count). The summed E-state index contributed by atoms with van der Waals surface area (Å²) < 4.78 is 0. The van der Waals surface area contributed by atoms with Gasteiger partial charge in [-0.3, -0.25) is 19.5 Å². The van der Waals surface area contributed by atoms with Crippen molar-refractivity contribution in [1.29, 1.82) is 0 Å². The molecule has 3 atom stereocenters. The Kier molecular flexibility index (Phi) is 3.24. The molecule has 26 heavy (non-hydrogen) atoms. The van der Waals surface area contributed by atoms with Crippen molar-refractivity contribution in [3.05, 3.63) is 17.0 Å². The highest BCUT2D eigenvalue weighted by Gasteiger charge is 2.57. The number of fused-ring (bicyclic) bond motifs is 3. The molecule has 1 unspecified atom stereocenters. The van der Waals surface area contributed by atoms with Crippen LogP contribution in [-0.4, -0.2) is 58.5 Å². The Morgan fingerprint density at radius 3 is 2.85 bits per heavy atom. The Morgan fingerprint density at radius 1 is 1.35 bits per heavy atom. The van der Waals surface area contributed by atoms with Gasteiger partial charge >= 0.3 is 0 Å². The highest BCUT2D eigenvalue weighted by atomic mass is 16.2. The number of nitrogens with one attached hydrogen (secondary N) is 3. The molecule has 2 saturated carbocycles. The summed E-state index contributed by atoms with van der Waals surface area (Å²) in [6.07, 6.45) is 4.16. The summed E-state index contributed by atoms with van der Waals surface area (Å²) in [5, 5.41) is 12.9. The van der Waals surface area contributed by atoms with Gasteiger partial charge in [-0.2, -0.15) is 5.10 Å². The fourth-order valence-electron chi connectivity index (χ4n) is 4.92. The molecule has 1 saturated heterocycles. The van der Waals surface area contributed by atoms with E-state index in [1.807, 2.05) is 4.90 Å². The van der Waals surface area contributed by atoms with E-state index in [2.05, 4.69) is 20.8 Å². The molecule has 1 spiro atoms. The third-order valence-electron chi connectivity index (χ3n) is 6.66. The maximum atomic E-state index is 12.8. The summed E-state index contributed by atoms with van der Waals surface area (Å²) in [4.78, 5) is 37.5. The van der Waals surface area contributed by atoms with Crippen LogP contribution in [0.2, 0.25) is 0 Å². The lowest BCUT2D eigenvalue weighted by atomic mass is 9.59. The summed E-state index contributed by atoms with van der Waals surface area (Å²) in [5.41, 5.74) is 2.92. The second-order valence-corrected chi connectivity index (χ2v) is 8.36. The van der Waals surface area contributed by atoms with E-state index >= 15 is 0 Å². The topological polar surface area (TPSA) is 107 Å². The van der Waals surface area contributed by atoms with Crippen LogP contribution in [0.25, 0.3) is 0 Å². The Hall–Kier alpha value is -2.38. The van der Waals surface area contributed by atoms with Crippen molar-refractivity contribution in [2.24, 2.45) is 11.3 Å². The van der Waals surface area contributed by atoms with Crippen LogP contribution in [0, 0.1) is 11.3 Å². The Balaban J connectivity index is 1.18. The average molecular weight is 357 g/mol. The van der Waals surface area contributed by atoms with Gasteiger partial charge in [0, 0.05) is 48.6 Å². The summed E-state index contributed by atoms with van der Waals surface area (Å²) in [7, 11) is 0. The van der Waals surface area contributed by atoms with Crippen LogP contribution in [0.4, 0.5) is 0 Å². The lowest BCUT2D eigenvalue weighted by Crippen LogP contribution is -2.72. The molecule has 0 bridgehead atoms. The number of carbonyl (C=O) groups excluding carboxylic acids is 3. The summed E-state index contributed by atoms with van der Waals surface area (Å²) in [6, 6.07) is 0.0883. The highest BCUT2D eigenvalue weighted by Crippen LogP contribution is 2.56. The second-order valence-electron chi connectivity index (χ2n) is 8.36. The van der Waals surface area contributed by atoms with E-state index < -0.39 is 0 Å². The molecule has 1 aromatic heterocycles. The van der Waals surface area contributed by atoms with E-state index in [-0.39, 0.29) is 35.7 Å². The molecule has 3 N–H and O–H groups in total. The Labute approximate surface area is 151 Å². The number of H-pyrrole nitrogens is 1. The normalized spacial score (nSPS) is 29.3. The van der Waals surface area contributed by atoms with Crippen LogP contribution >= 0.6 is 0 Å². The number of likely N-dealkylation sites (tertiary alicyclic amines) is 1. The first-order chi connectivity index (χ1) is 12.5. The first-order valence-electron chi connectivity index (χ1n) is 9.37. The maximum absolute atomic E-state index is 12.8. The quantitative estimate of drug-likeness (QED) is 0.701. The van der Waals surface area contributed by atoms with E-state index in [0.29, 0.717) is 24.7 Å². The SMILES string of the molecule is CC(=O)NCC(=O)NC1CCC12CN(C(=O)c1n[nH]c3c1C[C@@H]1C[C@H]31)C2. The molecule has 8 nitrogen and oxygen atoms in total. The van der Waals surface area contributed by atoms with Gasteiger partial charge in [0.15, 0.2) is 5.69 Å². The number of hydrogen-bond donors (Lipinski definition) is 3. The zero-order chi connectivity index (χ0) is 18.1. The van der Waals surface area contributed by atoms with Gasteiger partial charge in [0.05, 0.1) is 6.54 Å². The van der Waals surface area contributed by atoms with E-state index in [1.54, 1.807) is 0 Å². The van der Waals surface area contributed by atoms with Gasteiger partial charge in [-0.15, -0.1) is 0 Å². The van der Waals surface area contributed by atoms with Crippen molar-refractivity contribution in [2.45, 2.75) is 44.6 Å². The second kappa shape index (κ2) is 5.31. The Morgan fingerprint density at radius 2 is 2.15 bits per heavy atom. The predicted molar refractivity (Wildman–Crippen MR) is 91.3 cm³/mol. The molecule has 1 aliphatic heterocycles. The van der Waals surface area contributed by atoms with Crippen molar-refractivity contribution in [3.63, 3.8) is 0 Å². The molecular formula is C18H23N5O3. The van der Waals surface area contributed by atoms with E-state index in [9.17, 15) is 14.4 Å². The van der Waals surface area contributed by atoms with Crippen molar-refractivity contribution in [3.8, 4) is 0 Å². The largest absolute Gasteiger partial charge is 0.351 e. The van der Waals surface area contributed by atoms with Crippen LogP contribution in [0.5, 0.6) is 0 Å². The number of carbonyl (C=O) groups is 3. The zero-order valence-corrected chi connectivity index (χ0v) is 14.8. The molecule has 1 aromatic rings. The van der Waals surface area contributed by atoms with Crippen LogP contribution in [0.3, 0.4) is 0 Å². The lowest BCUT2D eigenvalue weighted by molar-refractivity contribution is -0.130. The fourth-order valence-corrected chi connectivity index (χ4v) is 4.92. The summed E-state index contributed by atoms with van der Waals surface area (Å²) >= 11 is 0. The van der Waals surface area contributed by atoms with Crippen molar-refractivity contribution >= 4 is 17.7 Å². The molecule has 0 aromatic carbocycles. The van der Waals surface area contributed by atoms with Gasteiger partial charge < -0.3 is 15.5 Å². The first kappa shape index (κ1) is 15.8. The van der Waals surface area contributed by atoms with Crippen LogP contribution < -0.4 is 10.6 Å². The van der Waals surface area contributed by atoms with Gasteiger partial charge in [-0.05, 0) is 31.6 Å². The number of amides is 3. The fraction of sp³-hybridized carbons (Fsp3) is 0.667. The lowest BCUT2D eigenvalue weighted by Gasteiger charge is -2.60. The van der Waals surface area contributed by atoms with Crippen molar-refractivity contribution in [2.75, 3.05) is 19.6 Å². The van der Waals surface area contributed by atoms with E-state index in [4.69, 9.17) is 0 Å². The molecule has 3 fully saturated rings. The minimum atomic E-state index is -0.215. The third kappa shape index (κ3) is 2.27. The minimum absolute atomic E-state index is 0.00314. The molecule has 3 amide bonds. The molecule has 138 valence electrons. The predicted octanol–water partition coefficient (Wildman–Crippen LogP) is -0.0738. The molecule has 0 radical (unpaired) electrons. The summed E-state index contributed by atoms with van der Waals surface area (Å²) in [5.74, 6) is 0.969. The van der Waals surface area contributed by atoms with Crippen LogP contribution in [0.1, 0.15) is 53.8 Å². The number of hydrogen-bond acceptors (Lipinski definition) is 4. The Bertz CT molecular complexity index is 810. The maximum Gasteiger partial charge on any atom is 0.274 e. The summed E-state index contributed by atoms with van der Waals surface area (Å²) in [6.45, 7) is 2.74. The van der Waals surface area contributed by atoms with Gasteiger partial charge in [-0.25, -0.2) is 0 Å². The number of rotatable bonds is 4. The monoisotopic (exact) mass is 357 g/mol. The molecule has 4 aliphatic rings. The number of aromatic amines is 1. The number of nitrogens with zero attached hydrogens (tertiary/aromatic N) is 2. The van der Waals surface area contributed by atoms with Crippen molar-refractivity contribution in [1.82, 2.24) is 25.7 Å². The van der Waals surface area contributed by atoms with Gasteiger partial charge in [-0.1, -0.05) is 0 Å². The minimum Gasteiger partial charge on any atom is -0.351 e. The van der Waals surface area contributed by atoms with Crippen LogP contribution in [-0.2, 0) is 16.0 Å². The zero-order valence-electron chi connectivity index (χ0n) is 14.8. The average Bonchev–Trinajstić information content (AvgIpc) is 3.02. The third-order valence-corrected chi connectivity index (χ3v) is 6.66. The smallest absolute Gasteiger partial charge is 0.274 e. The standard InChI is InChI=1S/C18H23N5O3/c1-9(24)19-6-14(25)20-13-2-3-18(13)7-23(8-18)17(26)16-12-5-10-4-11(10)15(12)21-22-16/h10-11,13H,2-8H2,1H3,(H,19,24)(H,20,25)(H,21,22)/t10-,11-,13?/m0/s1. The first-order valence-corrected chi connectivity index (χ1v) is 9.37. The highest BCUT2D eigenvalue weighted by molar-refractivity contribution is 5.95.